The molecule has 5 rings (SSSR count). The highest BCUT2D eigenvalue weighted by Gasteiger charge is 2.47. The van der Waals surface area contributed by atoms with E-state index in [0.29, 0.717) is 22.7 Å². The monoisotopic (exact) mass is 492 g/mol. The fourth-order valence-corrected chi connectivity index (χ4v) is 5.80. The summed E-state index contributed by atoms with van der Waals surface area (Å²) < 4.78 is 14.3. The molecule has 2 aliphatic rings. The standard InChI is InChI=1S/C26H28N4O4S/c1-17-23(35-28-27-17)24(31)30-16-26(21-14-20(33-2)8-9-22(21)30)10-12-29(13-11-26)15-18-4-6-19(7-5-18)25(32)34-3/h4-9,14H,10-13,15-16H2,1-3H3. The van der Waals surface area contributed by atoms with E-state index in [1.807, 2.05) is 48.2 Å². The van der Waals surface area contributed by atoms with Crippen molar-refractivity contribution in [2.24, 2.45) is 0 Å². The Morgan fingerprint density at radius 3 is 2.46 bits per heavy atom. The van der Waals surface area contributed by atoms with Crippen LogP contribution in [0.5, 0.6) is 5.75 Å². The molecule has 182 valence electrons. The number of nitrogens with zero attached hydrogens (tertiary/aromatic N) is 4. The minimum absolute atomic E-state index is 0.0334. The normalized spacial score (nSPS) is 16.8. The first-order valence-electron chi connectivity index (χ1n) is 11.6. The molecule has 1 fully saturated rings. The molecule has 1 aromatic heterocycles. The first-order chi connectivity index (χ1) is 16.9. The maximum absolute atomic E-state index is 13.5. The van der Waals surface area contributed by atoms with Gasteiger partial charge in [-0.25, -0.2) is 4.79 Å². The Bertz CT molecular complexity index is 1250. The van der Waals surface area contributed by atoms with Crippen LogP contribution in [0.4, 0.5) is 5.69 Å². The van der Waals surface area contributed by atoms with Gasteiger partial charge in [0.1, 0.15) is 10.6 Å². The lowest BCUT2D eigenvalue weighted by Gasteiger charge is -2.40. The predicted molar refractivity (Wildman–Crippen MR) is 133 cm³/mol. The van der Waals surface area contributed by atoms with Crippen LogP contribution in [0.1, 0.15) is 49.7 Å². The molecule has 0 atom stereocenters. The number of ether oxygens (including phenoxy) is 2. The Morgan fingerprint density at radius 1 is 1.09 bits per heavy atom. The largest absolute Gasteiger partial charge is 0.497 e. The fourth-order valence-electron chi connectivity index (χ4n) is 5.20. The minimum Gasteiger partial charge on any atom is -0.497 e. The molecule has 35 heavy (non-hydrogen) atoms. The van der Waals surface area contributed by atoms with Gasteiger partial charge in [0.2, 0.25) is 0 Å². The number of fused-ring (bicyclic) bond motifs is 2. The molecule has 9 heteroatoms. The summed E-state index contributed by atoms with van der Waals surface area (Å²) in [5.41, 5.74) is 4.41. The van der Waals surface area contributed by atoms with E-state index in [9.17, 15) is 9.59 Å². The van der Waals surface area contributed by atoms with E-state index in [-0.39, 0.29) is 17.3 Å². The highest BCUT2D eigenvalue weighted by atomic mass is 32.1. The van der Waals surface area contributed by atoms with Crippen LogP contribution in [0.3, 0.4) is 0 Å². The molecule has 0 aliphatic carbocycles. The summed E-state index contributed by atoms with van der Waals surface area (Å²) in [6, 6.07) is 13.6. The summed E-state index contributed by atoms with van der Waals surface area (Å²) in [4.78, 5) is 30.1. The zero-order chi connectivity index (χ0) is 24.6. The quantitative estimate of drug-likeness (QED) is 0.501. The first-order valence-corrected chi connectivity index (χ1v) is 12.4. The number of esters is 1. The highest BCUT2D eigenvalue weighted by Crippen LogP contribution is 2.49. The lowest BCUT2D eigenvalue weighted by atomic mass is 9.74. The van der Waals surface area contributed by atoms with Crippen LogP contribution in [0, 0.1) is 6.92 Å². The molecule has 3 heterocycles. The second-order valence-electron chi connectivity index (χ2n) is 9.21. The first kappa shape index (κ1) is 23.4. The van der Waals surface area contributed by atoms with Crippen molar-refractivity contribution in [3.8, 4) is 5.75 Å². The van der Waals surface area contributed by atoms with Gasteiger partial charge in [0, 0.05) is 24.2 Å². The molecule has 3 aromatic rings. The molecule has 1 amide bonds. The SMILES string of the molecule is COC(=O)c1ccc(CN2CCC3(CC2)CN(C(=O)c2snnc2C)c2ccc(OC)cc23)cc1. The van der Waals surface area contributed by atoms with Crippen molar-refractivity contribution < 1.29 is 19.1 Å². The van der Waals surface area contributed by atoms with Crippen molar-refractivity contribution in [1.82, 2.24) is 14.5 Å². The van der Waals surface area contributed by atoms with E-state index in [1.165, 1.54) is 12.7 Å². The minimum atomic E-state index is -0.324. The number of carbonyl (C=O) groups excluding carboxylic acids is 2. The zero-order valence-electron chi connectivity index (χ0n) is 20.1. The van der Waals surface area contributed by atoms with E-state index in [2.05, 4.69) is 20.6 Å². The predicted octanol–water partition coefficient (Wildman–Crippen LogP) is 3.84. The van der Waals surface area contributed by atoms with Gasteiger partial charge in [-0.1, -0.05) is 16.6 Å². The summed E-state index contributed by atoms with van der Waals surface area (Å²) in [6.07, 6.45) is 1.88. The van der Waals surface area contributed by atoms with Gasteiger partial charge in [0.15, 0.2) is 0 Å². The summed E-state index contributed by atoms with van der Waals surface area (Å²) in [6.45, 7) is 5.12. The molecular weight excluding hydrogens is 464 g/mol. The molecular formula is C26H28N4O4S. The van der Waals surface area contributed by atoms with Gasteiger partial charge < -0.3 is 14.4 Å². The molecule has 0 saturated carbocycles. The van der Waals surface area contributed by atoms with Gasteiger partial charge in [-0.3, -0.25) is 9.69 Å². The number of hydrogen-bond donors (Lipinski definition) is 0. The third-order valence-electron chi connectivity index (χ3n) is 7.21. The third-order valence-corrected chi connectivity index (χ3v) is 8.03. The molecule has 1 saturated heterocycles. The van der Waals surface area contributed by atoms with Gasteiger partial charge in [0.25, 0.3) is 5.91 Å². The van der Waals surface area contributed by atoms with Crippen LogP contribution < -0.4 is 9.64 Å². The van der Waals surface area contributed by atoms with E-state index >= 15 is 0 Å². The number of methoxy groups -OCH3 is 2. The van der Waals surface area contributed by atoms with E-state index < -0.39 is 0 Å². The Kier molecular flexibility index (Phi) is 6.29. The average Bonchev–Trinajstić information content (AvgIpc) is 3.46. The van der Waals surface area contributed by atoms with Crippen LogP contribution in [-0.2, 0) is 16.7 Å². The lowest BCUT2D eigenvalue weighted by molar-refractivity contribution is 0.0600. The van der Waals surface area contributed by atoms with Crippen LogP contribution in [0.15, 0.2) is 42.5 Å². The number of hydrogen-bond acceptors (Lipinski definition) is 8. The second kappa shape index (κ2) is 9.39. The Morgan fingerprint density at radius 2 is 1.83 bits per heavy atom. The molecule has 0 radical (unpaired) electrons. The summed E-state index contributed by atoms with van der Waals surface area (Å²) in [5, 5.41) is 4.03. The number of anilines is 1. The number of piperidine rings is 1. The number of rotatable bonds is 5. The number of benzene rings is 2. The van der Waals surface area contributed by atoms with Crippen molar-refractivity contribution >= 4 is 29.1 Å². The topological polar surface area (TPSA) is 84.9 Å². The van der Waals surface area contributed by atoms with Crippen molar-refractivity contribution in [2.75, 3.05) is 38.8 Å². The summed E-state index contributed by atoms with van der Waals surface area (Å²) in [5.74, 6) is 0.449. The van der Waals surface area contributed by atoms with Crippen molar-refractivity contribution in [1.29, 1.82) is 0 Å². The van der Waals surface area contributed by atoms with Gasteiger partial charge in [-0.05, 0) is 85.8 Å². The van der Waals surface area contributed by atoms with E-state index in [0.717, 1.165) is 61.0 Å². The van der Waals surface area contributed by atoms with Crippen LogP contribution in [-0.4, -0.2) is 60.2 Å². The van der Waals surface area contributed by atoms with Crippen LogP contribution in [0.2, 0.25) is 0 Å². The maximum atomic E-state index is 13.5. The Hall–Kier alpha value is -3.30. The fraction of sp³-hybridized carbons (Fsp3) is 0.385. The summed E-state index contributed by atoms with van der Waals surface area (Å²) >= 11 is 1.15. The van der Waals surface area contributed by atoms with Crippen molar-refractivity contribution in [3.63, 3.8) is 0 Å². The van der Waals surface area contributed by atoms with Crippen LogP contribution in [0.25, 0.3) is 0 Å². The smallest absolute Gasteiger partial charge is 0.337 e. The van der Waals surface area contributed by atoms with Crippen LogP contribution >= 0.6 is 11.5 Å². The molecule has 1 spiro atoms. The number of carbonyl (C=O) groups is 2. The van der Waals surface area contributed by atoms with E-state index in [1.54, 1.807) is 7.11 Å². The number of amides is 1. The lowest BCUT2D eigenvalue weighted by Crippen LogP contribution is -2.45. The number of aryl methyl sites for hydroxylation is 1. The van der Waals surface area contributed by atoms with Crippen molar-refractivity contribution in [3.05, 3.63) is 69.7 Å². The maximum Gasteiger partial charge on any atom is 0.337 e. The molecule has 2 aromatic carbocycles. The molecule has 0 bridgehead atoms. The second-order valence-corrected chi connectivity index (χ2v) is 9.96. The van der Waals surface area contributed by atoms with Gasteiger partial charge in [-0.2, -0.15) is 0 Å². The molecule has 0 unspecified atom stereocenters. The number of aromatic nitrogens is 2. The third kappa shape index (κ3) is 4.30. The van der Waals surface area contributed by atoms with Gasteiger partial charge in [-0.15, -0.1) is 5.10 Å². The van der Waals surface area contributed by atoms with Gasteiger partial charge >= 0.3 is 5.97 Å². The number of likely N-dealkylation sites (tertiary alicyclic amines) is 1. The molecule has 2 aliphatic heterocycles. The highest BCUT2D eigenvalue weighted by molar-refractivity contribution is 7.08. The van der Waals surface area contributed by atoms with Gasteiger partial charge in [0.05, 0.1) is 25.5 Å². The summed E-state index contributed by atoms with van der Waals surface area (Å²) in [7, 11) is 3.06. The van der Waals surface area contributed by atoms with Crippen molar-refractivity contribution in [2.45, 2.75) is 31.7 Å². The molecule has 8 nitrogen and oxygen atoms in total. The molecule has 0 N–H and O–H groups in total. The Balaban J connectivity index is 1.35. The average molecular weight is 493 g/mol. The Labute approximate surface area is 208 Å². The zero-order valence-corrected chi connectivity index (χ0v) is 20.9. The van der Waals surface area contributed by atoms with E-state index in [4.69, 9.17) is 9.47 Å².